The number of hydrogen-bond donors (Lipinski definition) is 1. The average Bonchev–Trinajstić information content (AvgIpc) is 3.04. The predicted octanol–water partition coefficient (Wildman–Crippen LogP) is 0.0777. The lowest BCUT2D eigenvalue weighted by Crippen LogP contribution is -2.19. The van der Waals surface area contributed by atoms with E-state index in [1.807, 2.05) is 0 Å². The van der Waals surface area contributed by atoms with Crippen LogP contribution in [0.3, 0.4) is 0 Å². The number of ether oxygens (including phenoxy) is 6. The van der Waals surface area contributed by atoms with Gasteiger partial charge in [0.25, 0.3) is 0 Å². The molecule has 1 rings (SSSR count). The van der Waals surface area contributed by atoms with Crippen molar-refractivity contribution in [2.75, 3.05) is 86.3 Å². The third-order valence-corrected chi connectivity index (χ3v) is 3.14. The standard InChI is InChI=1S/C15H31NO6/c1-17-4-5-18-6-7-19-8-9-20-10-11-21-12-13-22-15-2-3-16-14-15/h15-16H,2-14H2,1H3. The largest absolute Gasteiger partial charge is 0.382 e. The molecule has 0 aromatic rings. The summed E-state index contributed by atoms with van der Waals surface area (Å²) in [4.78, 5) is 0. The number of nitrogens with one attached hydrogen (secondary N) is 1. The maximum Gasteiger partial charge on any atom is 0.0712 e. The molecule has 0 spiro atoms. The van der Waals surface area contributed by atoms with Gasteiger partial charge in [-0.1, -0.05) is 0 Å². The molecular weight excluding hydrogens is 290 g/mol. The summed E-state index contributed by atoms with van der Waals surface area (Å²) in [6, 6.07) is 0. The molecule has 0 aromatic heterocycles. The Morgan fingerprint density at radius 2 is 1.23 bits per heavy atom. The molecule has 1 atom stereocenters. The van der Waals surface area contributed by atoms with Crippen molar-refractivity contribution in [1.29, 1.82) is 0 Å². The lowest BCUT2D eigenvalue weighted by molar-refractivity contribution is -0.0216. The van der Waals surface area contributed by atoms with E-state index in [1.54, 1.807) is 7.11 Å². The summed E-state index contributed by atoms with van der Waals surface area (Å²) in [6.07, 6.45) is 1.45. The summed E-state index contributed by atoms with van der Waals surface area (Å²) in [5, 5.41) is 3.26. The third kappa shape index (κ3) is 12.3. The molecule has 1 heterocycles. The van der Waals surface area contributed by atoms with Gasteiger partial charge in [-0.25, -0.2) is 0 Å². The molecule has 0 bridgehead atoms. The summed E-state index contributed by atoms with van der Waals surface area (Å²) in [5.41, 5.74) is 0. The second-order valence-electron chi connectivity index (χ2n) is 4.93. The molecule has 22 heavy (non-hydrogen) atoms. The van der Waals surface area contributed by atoms with E-state index < -0.39 is 0 Å². The zero-order valence-corrected chi connectivity index (χ0v) is 13.7. The van der Waals surface area contributed by atoms with E-state index in [1.165, 1.54) is 0 Å². The van der Waals surface area contributed by atoms with Crippen molar-refractivity contribution in [2.45, 2.75) is 12.5 Å². The van der Waals surface area contributed by atoms with Gasteiger partial charge in [-0.15, -0.1) is 0 Å². The Morgan fingerprint density at radius 3 is 1.68 bits per heavy atom. The summed E-state index contributed by atoms with van der Waals surface area (Å²) < 4.78 is 32.0. The summed E-state index contributed by atoms with van der Waals surface area (Å²) in [7, 11) is 1.65. The van der Waals surface area contributed by atoms with Crippen LogP contribution in [-0.4, -0.2) is 92.4 Å². The fourth-order valence-corrected chi connectivity index (χ4v) is 1.95. The zero-order valence-electron chi connectivity index (χ0n) is 13.7. The molecule has 7 nitrogen and oxygen atoms in total. The van der Waals surface area contributed by atoms with Gasteiger partial charge in [0.1, 0.15) is 0 Å². The molecule has 1 N–H and O–H groups in total. The molecule has 132 valence electrons. The van der Waals surface area contributed by atoms with Crippen LogP contribution in [-0.2, 0) is 28.4 Å². The van der Waals surface area contributed by atoms with E-state index in [0.29, 0.717) is 72.2 Å². The van der Waals surface area contributed by atoms with Crippen LogP contribution < -0.4 is 5.32 Å². The van der Waals surface area contributed by atoms with Crippen molar-refractivity contribution in [1.82, 2.24) is 5.32 Å². The molecule has 1 unspecified atom stereocenters. The summed E-state index contributed by atoms with van der Waals surface area (Å²) in [5.74, 6) is 0. The van der Waals surface area contributed by atoms with Gasteiger partial charge in [-0.2, -0.15) is 0 Å². The molecule has 1 fully saturated rings. The van der Waals surface area contributed by atoms with Crippen molar-refractivity contribution < 1.29 is 28.4 Å². The first-order chi connectivity index (χ1) is 10.9. The minimum atomic E-state index is 0.357. The average molecular weight is 321 g/mol. The highest BCUT2D eigenvalue weighted by molar-refractivity contribution is 4.70. The van der Waals surface area contributed by atoms with E-state index in [0.717, 1.165) is 19.5 Å². The van der Waals surface area contributed by atoms with Gasteiger partial charge in [0.15, 0.2) is 0 Å². The molecule has 1 saturated heterocycles. The van der Waals surface area contributed by atoms with Crippen LogP contribution in [0.15, 0.2) is 0 Å². The van der Waals surface area contributed by atoms with Crippen molar-refractivity contribution in [2.24, 2.45) is 0 Å². The fourth-order valence-electron chi connectivity index (χ4n) is 1.95. The Bertz CT molecular complexity index is 226. The Morgan fingerprint density at radius 1 is 0.727 bits per heavy atom. The van der Waals surface area contributed by atoms with Crippen LogP contribution in [0.25, 0.3) is 0 Å². The summed E-state index contributed by atoms with van der Waals surface area (Å²) >= 11 is 0. The molecule has 0 amide bonds. The first-order valence-electron chi connectivity index (χ1n) is 8.05. The van der Waals surface area contributed by atoms with Crippen LogP contribution in [0.5, 0.6) is 0 Å². The number of hydrogen-bond acceptors (Lipinski definition) is 7. The van der Waals surface area contributed by atoms with Gasteiger partial charge >= 0.3 is 0 Å². The SMILES string of the molecule is COCCOCCOCCOCCOCCOC1CCNC1. The number of methoxy groups -OCH3 is 1. The highest BCUT2D eigenvalue weighted by atomic mass is 16.6. The van der Waals surface area contributed by atoms with E-state index in [9.17, 15) is 0 Å². The maximum atomic E-state index is 5.64. The van der Waals surface area contributed by atoms with E-state index >= 15 is 0 Å². The van der Waals surface area contributed by atoms with Crippen LogP contribution in [0, 0.1) is 0 Å². The zero-order chi connectivity index (χ0) is 15.7. The van der Waals surface area contributed by atoms with E-state index in [2.05, 4.69) is 5.32 Å². The molecule has 7 heteroatoms. The lowest BCUT2D eigenvalue weighted by atomic mass is 10.3. The quantitative estimate of drug-likeness (QED) is 0.404. The number of rotatable bonds is 16. The second kappa shape index (κ2) is 15.6. The van der Waals surface area contributed by atoms with E-state index in [-0.39, 0.29) is 0 Å². The van der Waals surface area contributed by atoms with Gasteiger partial charge in [0.2, 0.25) is 0 Å². The molecule has 1 aliphatic heterocycles. The molecular formula is C15H31NO6. The minimum absolute atomic E-state index is 0.357. The Labute approximate surface area is 133 Å². The Hall–Kier alpha value is -0.280. The third-order valence-electron chi connectivity index (χ3n) is 3.14. The molecule has 0 aromatic carbocycles. The smallest absolute Gasteiger partial charge is 0.0712 e. The van der Waals surface area contributed by atoms with Crippen molar-refractivity contribution in [3.63, 3.8) is 0 Å². The lowest BCUT2D eigenvalue weighted by Gasteiger charge is -2.10. The predicted molar refractivity (Wildman–Crippen MR) is 82.4 cm³/mol. The normalized spacial score (nSPS) is 18.1. The maximum absolute atomic E-state index is 5.64. The summed E-state index contributed by atoms with van der Waals surface area (Å²) in [6.45, 7) is 8.00. The van der Waals surface area contributed by atoms with Crippen molar-refractivity contribution >= 4 is 0 Å². The molecule has 1 aliphatic rings. The Balaban J connectivity index is 1.64. The van der Waals surface area contributed by atoms with Gasteiger partial charge in [0, 0.05) is 13.7 Å². The molecule has 0 radical (unpaired) electrons. The van der Waals surface area contributed by atoms with Gasteiger partial charge in [-0.3, -0.25) is 0 Å². The second-order valence-corrected chi connectivity index (χ2v) is 4.93. The van der Waals surface area contributed by atoms with Crippen molar-refractivity contribution in [3.05, 3.63) is 0 Å². The van der Waals surface area contributed by atoms with Gasteiger partial charge in [-0.05, 0) is 13.0 Å². The Kier molecular flexibility index (Phi) is 14.0. The molecule has 0 aliphatic carbocycles. The van der Waals surface area contributed by atoms with Crippen molar-refractivity contribution in [3.8, 4) is 0 Å². The van der Waals surface area contributed by atoms with Crippen LogP contribution in [0.2, 0.25) is 0 Å². The van der Waals surface area contributed by atoms with Crippen LogP contribution in [0.1, 0.15) is 6.42 Å². The van der Waals surface area contributed by atoms with Crippen LogP contribution in [0.4, 0.5) is 0 Å². The molecule has 0 saturated carbocycles. The first-order valence-corrected chi connectivity index (χ1v) is 8.05. The topological polar surface area (TPSA) is 67.4 Å². The van der Waals surface area contributed by atoms with Gasteiger partial charge < -0.3 is 33.7 Å². The first kappa shape index (κ1) is 19.8. The van der Waals surface area contributed by atoms with Gasteiger partial charge in [0.05, 0.1) is 72.2 Å². The highest BCUT2D eigenvalue weighted by Gasteiger charge is 2.13. The fraction of sp³-hybridized carbons (Fsp3) is 1.00. The monoisotopic (exact) mass is 321 g/mol. The van der Waals surface area contributed by atoms with E-state index in [4.69, 9.17) is 28.4 Å². The minimum Gasteiger partial charge on any atom is -0.382 e. The highest BCUT2D eigenvalue weighted by Crippen LogP contribution is 2.02. The van der Waals surface area contributed by atoms with Crippen LogP contribution >= 0.6 is 0 Å².